The van der Waals surface area contributed by atoms with Crippen LogP contribution in [0.4, 0.5) is 5.95 Å². The summed E-state index contributed by atoms with van der Waals surface area (Å²) >= 11 is 0. The predicted octanol–water partition coefficient (Wildman–Crippen LogP) is 2.45. The van der Waals surface area contributed by atoms with Gasteiger partial charge in [-0.1, -0.05) is 18.2 Å². The standard InChI is InChI=1S/C24H29N5O3/c1-2-32-22(30)16-29-14-17(18-7-3-4-8-21(18)29)13-27-12-9-20-19(15-27)23(31)26-24(25-20)28-10-5-6-11-28/h3-4,7-8,14H,2,5-6,9-13,15-16H2,1H3,(H,25,26,31). The summed E-state index contributed by atoms with van der Waals surface area (Å²) in [5.41, 5.74) is 3.84. The number of esters is 1. The van der Waals surface area contributed by atoms with Crippen molar-refractivity contribution < 1.29 is 9.53 Å². The summed E-state index contributed by atoms with van der Waals surface area (Å²) < 4.78 is 7.09. The third-order valence-electron chi connectivity index (χ3n) is 6.41. The van der Waals surface area contributed by atoms with Crippen molar-refractivity contribution in [3.63, 3.8) is 0 Å². The molecule has 2 aromatic heterocycles. The summed E-state index contributed by atoms with van der Waals surface area (Å²) in [5, 5.41) is 1.12. The van der Waals surface area contributed by atoms with Crippen LogP contribution in [0, 0.1) is 0 Å². The highest BCUT2D eigenvalue weighted by Crippen LogP contribution is 2.25. The van der Waals surface area contributed by atoms with Gasteiger partial charge in [0.1, 0.15) is 6.54 Å². The van der Waals surface area contributed by atoms with E-state index in [0.29, 0.717) is 19.7 Å². The van der Waals surface area contributed by atoms with Crippen LogP contribution in [0.1, 0.15) is 36.6 Å². The molecule has 2 aliphatic rings. The van der Waals surface area contributed by atoms with Crippen molar-refractivity contribution in [2.24, 2.45) is 0 Å². The smallest absolute Gasteiger partial charge is 0.325 e. The number of hydrogen-bond donors (Lipinski definition) is 1. The molecule has 4 heterocycles. The van der Waals surface area contributed by atoms with E-state index in [4.69, 9.17) is 9.72 Å². The Morgan fingerprint density at radius 3 is 2.81 bits per heavy atom. The van der Waals surface area contributed by atoms with E-state index in [2.05, 4.69) is 20.9 Å². The molecular weight excluding hydrogens is 406 g/mol. The Bertz CT molecular complexity index is 1190. The third kappa shape index (κ3) is 4.02. The fourth-order valence-corrected chi connectivity index (χ4v) is 4.85. The van der Waals surface area contributed by atoms with E-state index in [0.717, 1.165) is 72.6 Å². The first-order valence-electron chi connectivity index (χ1n) is 11.4. The van der Waals surface area contributed by atoms with Gasteiger partial charge in [0.15, 0.2) is 0 Å². The van der Waals surface area contributed by atoms with E-state index in [9.17, 15) is 9.59 Å². The number of fused-ring (bicyclic) bond motifs is 2. The highest BCUT2D eigenvalue weighted by Gasteiger charge is 2.24. The summed E-state index contributed by atoms with van der Waals surface area (Å²) in [4.78, 5) is 37.1. The normalized spacial score (nSPS) is 16.5. The van der Waals surface area contributed by atoms with E-state index >= 15 is 0 Å². The molecule has 0 saturated carbocycles. The number of H-pyrrole nitrogens is 1. The maximum Gasteiger partial charge on any atom is 0.325 e. The molecule has 5 rings (SSSR count). The lowest BCUT2D eigenvalue weighted by Crippen LogP contribution is -2.36. The largest absolute Gasteiger partial charge is 0.465 e. The molecule has 0 bridgehead atoms. The van der Waals surface area contributed by atoms with Crippen LogP contribution in [-0.4, -0.2) is 51.6 Å². The minimum Gasteiger partial charge on any atom is -0.465 e. The van der Waals surface area contributed by atoms with Crippen LogP contribution >= 0.6 is 0 Å². The van der Waals surface area contributed by atoms with Gasteiger partial charge in [-0.15, -0.1) is 0 Å². The molecule has 1 N–H and O–H groups in total. The summed E-state index contributed by atoms with van der Waals surface area (Å²) in [6, 6.07) is 8.10. The molecule has 2 aliphatic heterocycles. The second-order valence-electron chi connectivity index (χ2n) is 8.57. The van der Waals surface area contributed by atoms with Gasteiger partial charge in [0, 0.05) is 56.2 Å². The Hall–Kier alpha value is -3.13. The lowest BCUT2D eigenvalue weighted by Gasteiger charge is -2.28. The average molecular weight is 436 g/mol. The van der Waals surface area contributed by atoms with E-state index in [1.54, 1.807) is 0 Å². The second kappa shape index (κ2) is 8.78. The van der Waals surface area contributed by atoms with Gasteiger partial charge >= 0.3 is 5.97 Å². The molecule has 1 saturated heterocycles. The third-order valence-corrected chi connectivity index (χ3v) is 6.41. The Morgan fingerprint density at radius 2 is 2.00 bits per heavy atom. The van der Waals surface area contributed by atoms with Gasteiger partial charge in [-0.25, -0.2) is 4.98 Å². The summed E-state index contributed by atoms with van der Waals surface area (Å²) in [7, 11) is 0. The lowest BCUT2D eigenvalue weighted by molar-refractivity contribution is -0.143. The van der Waals surface area contributed by atoms with Gasteiger partial charge in [-0.3, -0.25) is 19.5 Å². The number of ether oxygens (including phenoxy) is 1. The topological polar surface area (TPSA) is 83.5 Å². The van der Waals surface area contributed by atoms with Gasteiger partial charge in [0.2, 0.25) is 5.95 Å². The van der Waals surface area contributed by atoms with E-state index < -0.39 is 0 Å². The van der Waals surface area contributed by atoms with Crippen LogP contribution in [0.5, 0.6) is 0 Å². The van der Waals surface area contributed by atoms with Crippen LogP contribution in [0.3, 0.4) is 0 Å². The number of aromatic amines is 1. The molecule has 0 unspecified atom stereocenters. The van der Waals surface area contributed by atoms with Crippen LogP contribution in [0.2, 0.25) is 0 Å². The molecule has 1 aromatic carbocycles. The van der Waals surface area contributed by atoms with E-state index in [1.165, 1.54) is 0 Å². The zero-order chi connectivity index (χ0) is 22.1. The molecule has 0 spiro atoms. The zero-order valence-electron chi connectivity index (χ0n) is 18.5. The summed E-state index contributed by atoms with van der Waals surface area (Å²) in [6.07, 6.45) is 5.11. The fourth-order valence-electron chi connectivity index (χ4n) is 4.85. The van der Waals surface area contributed by atoms with Crippen LogP contribution in [0.15, 0.2) is 35.3 Å². The number of nitrogens with zero attached hydrogens (tertiary/aromatic N) is 4. The SMILES string of the molecule is CCOC(=O)Cn1cc(CN2CCc3nc(N4CCCC4)[nH]c(=O)c3C2)c2ccccc21. The average Bonchev–Trinajstić information content (AvgIpc) is 3.44. The Kier molecular flexibility index (Phi) is 5.70. The van der Waals surface area contributed by atoms with Gasteiger partial charge < -0.3 is 14.2 Å². The van der Waals surface area contributed by atoms with Crippen LogP contribution in [0.25, 0.3) is 10.9 Å². The highest BCUT2D eigenvalue weighted by molar-refractivity contribution is 5.85. The predicted molar refractivity (Wildman–Crippen MR) is 123 cm³/mol. The number of nitrogens with one attached hydrogen (secondary N) is 1. The summed E-state index contributed by atoms with van der Waals surface area (Å²) in [5.74, 6) is 0.486. The minimum absolute atomic E-state index is 0.0219. The van der Waals surface area contributed by atoms with Crippen molar-refractivity contribution in [1.82, 2.24) is 19.4 Å². The van der Waals surface area contributed by atoms with Gasteiger partial charge in [0.05, 0.1) is 17.9 Å². The van der Waals surface area contributed by atoms with Gasteiger partial charge in [0.25, 0.3) is 5.56 Å². The number of benzene rings is 1. The molecule has 1 fully saturated rings. The molecular formula is C24H29N5O3. The van der Waals surface area contributed by atoms with Crippen molar-refractivity contribution in [1.29, 1.82) is 0 Å². The monoisotopic (exact) mass is 435 g/mol. The fraction of sp³-hybridized carbons (Fsp3) is 0.458. The maximum atomic E-state index is 12.8. The first kappa shape index (κ1) is 20.8. The van der Waals surface area contributed by atoms with Gasteiger partial charge in [-0.05, 0) is 31.4 Å². The number of carbonyl (C=O) groups excluding carboxylic acids is 1. The maximum absolute atomic E-state index is 12.8. The number of aromatic nitrogens is 3. The second-order valence-corrected chi connectivity index (χ2v) is 8.57. The first-order valence-corrected chi connectivity index (χ1v) is 11.4. The minimum atomic E-state index is -0.238. The highest BCUT2D eigenvalue weighted by atomic mass is 16.5. The van der Waals surface area contributed by atoms with Crippen molar-refractivity contribution in [2.75, 3.05) is 31.1 Å². The molecule has 8 heteroatoms. The number of anilines is 1. The molecule has 0 aliphatic carbocycles. The molecule has 0 radical (unpaired) electrons. The lowest BCUT2D eigenvalue weighted by atomic mass is 10.1. The summed E-state index contributed by atoms with van der Waals surface area (Å²) in [6.45, 7) is 6.45. The molecule has 3 aromatic rings. The van der Waals surface area contributed by atoms with Crippen molar-refractivity contribution in [3.05, 3.63) is 57.6 Å². The zero-order valence-corrected chi connectivity index (χ0v) is 18.5. The van der Waals surface area contributed by atoms with E-state index in [-0.39, 0.29) is 18.1 Å². The Balaban J connectivity index is 1.37. The van der Waals surface area contributed by atoms with Gasteiger partial charge in [-0.2, -0.15) is 0 Å². The van der Waals surface area contributed by atoms with Crippen molar-refractivity contribution >= 4 is 22.8 Å². The van der Waals surface area contributed by atoms with Crippen molar-refractivity contribution in [3.8, 4) is 0 Å². The van der Waals surface area contributed by atoms with Crippen LogP contribution in [-0.2, 0) is 35.6 Å². The number of hydrogen-bond acceptors (Lipinski definition) is 6. The quantitative estimate of drug-likeness (QED) is 0.599. The number of carbonyl (C=O) groups is 1. The number of para-hydroxylation sites is 1. The molecule has 0 amide bonds. The number of rotatable bonds is 6. The molecule has 168 valence electrons. The van der Waals surface area contributed by atoms with Crippen LogP contribution < -0.4 is 10.5 Å². The van der Waals surface area contributed by atoms with E-state index in [1.807, 2.05) is 35.9 Å². The van der Waals surface area contributed by atoms with Crippen molar-refractivity contribution in [2.45, 2.75) is 45.8 Å². The Morgan fingerprint density at radius 1 is 1.19 bits per heavy atom. The molecule has 0 atom stereocenters. The first-order chi connectivity index (χ1) is 15.6. The Labute approximate surface area is 186 Å². The molecule has 8 nitrogen and oxygen atoms in total. The molecule has 32 heavy (non-hydrogen) atoms.